The molecule has 3 rings (SSSR count). The van der Waals surface area contributed by atoms with Crippen molar-refractivity contribution in [3.8, 4) is 0 Å². The molecule has 0 bridgehead atoms. The average molecular weight is 319 g/mol. The van der Waals surface area contributed by atoms with Crippen molar-refractivity contribution < 1.29 is 4.79 Å². The van der Waals surface area contributed by atoms with E-state index in [-0.39, 0.29) is 11.9 Å². The molecule has 1 aliphatic rings. The van der Waals surface area contributed by atoms with Gasteiger partial charge in [-0.1, -0.05) is 0 Å². The van der Waals surface area contributed by atoms with Gasteiger partial charge < -0.3 is 9.47 Å². The summed E-state index contributed by atoms with van der Waals surface area (Å²) in [5, 5.41) is 3.23. The normalized spacial score (nSPS) is 17.6. The summed E-state index contributed by atoms with van der Waals surface area (Å²) in [7, 11) is 0. The number of rotatable bonds is 4. The fraction of sp³-hybridized carbons (Fsp3) is 0.533. The molecule has 1 atom stereocenters. The summed E-state index contributed by atoms with van der Waals surface area (Å²) in [5.74, 6) is 0.169. The van der Waals surface area contributed by atoms with Crippen LogP contribution in [0.15, 0.2) is 24.1 Å². The highest BCUT2D eigenvalue weighted by molar-refractivity contribution is 7.09. The molecule has 0 unspecified atom stereocenters. The lowest BCUT2D eigenvalue weighted by Crippen LogP contribution is -2.49. The van der Waals surface area contributed by atoms with Crippen LogP contribution in [0, 0.1) is 6.92 Å². The third-order valence-electron chi connectivity index (χ3n) is 4.07. The Bertz CT molecular complexity index is 616. The summed E-state index contributed by atoms with van der Waals surface area (Å²) >= 11 is 1.69. The summed E-state index contributed by atoms with van der Waals surface area (Å²) in [6.45, 7) is 8.19. The fourth-order valence-electron chi connectivity index (χ4n) is 2.73. The zero-order valence-electron chi connectivity index (χ0n) is 13.0. The quantitative estimate of drug-likeness (QED) is 0.858. The van der Waals surface area contributed by atoms with Gasteiger partial charge in [0.2, 0.25) is 5.91 Å². The molecule has 3 heterocycles. The molecular weight excluding hydrogens is 298 g/mol. The molecule has 0 saturated carbocycles. The average Bonchev–Trinajstić information content (AvgIpc) is 3.18. The number of hydrogen-bond donors (Lipinski definition) is 0. The van der Waals surface area contributed by atoms with E-state index in [4.69, 9.17) is 0 Å². The summed E-state index contributed by atoms with van der Waals surface area (Å²) < 4.78 is 1.85. The molecule has 118 valence electrons. The second-order valence-corrected chi connectivity index (χ2v) is 6.71. The van der Waals surface area contributed by atoms with Crippen molar-refractivity contribution in [3.05, 3.63) is 34.8 Å². The van der Waals surface area contributed by atoms with Gasteiger partial charge in [0.15, 0.2) is 0 Å². The van der Waals surface area contributed by atoms with Crippen molar-refractivity contribution in [3.63, 3.8) is 0 Å². The van der Waals surface area contributed by atoms with Gasteiger partial charge in [-0.3, -0.25) is 9.69 Å². The number of carbonyl (C=O) groups is 1. The van der Waals surface area contributed by atoms with Crippen LogP contribution in [0.1, 0.15) is 23.7 Å². The first-order valence-corrected chi connectivity index (χ1v) is 8.41. The minimum absolute atomic E-state index is 0.169. The smallest absolute Gasteiger partial charge is 0.245 e. The maximum absolute atomic E-state index is 12.5. The first-order valence-electron chi connectivity index (χ1n) is 7.53. The van der Waals surface area contributed by atoms with Crippen molar-refractivity contribution >= 4 is 17.2 Å². The highest BCUT2D eigenvalue weighted by atomic mass is 32.1. The van der Waals surface area contributed by atoms with E-state index in [1.54, 1.807) is 23.9 Å². The van der Waals surface area contributed by atoms with Gasteiger partial charge in [0, 0.05) is 50.5 Å². The number of hydrogen-bond acceptors (Lipinski definition) is 5. The summed E-state index contributed by atoms with van der Waals surface area (Å²) in [6.07, 6.45) is 5.24. The molecule has 2 aromatic rings. The first-order chi connectivity index (χ1) is 10.6. The van der Waals surface area contributed by atoms with Gasteiger partial charge >= 0.3 is 0 Å². The topological polar surface area (TPSA) is 54.3 Å². The maximum atomic E-state index is 12.5. The number of amides is 1. The minimum Gasteiger partial charge on any atom is -0.338 e. The molecule has 22 heavy (non-hydrogen) atoms. The van der Waals surface area contributed by atoms with Crippen LogP contribution in [0.4, 0.5) is 0 Å². The summed E-state index contributed by atoms with van der Waals surface area (Å²) in [5.41, 5.74) is 1.13. The number of nitrogens with zero attached hydrogens (tertiary/aromatic N) is 5. The van der Waals surface area contributed by atoms with Crippen LogP contribution in [-0.2, 0) is 11.3 Å². The molecule has 1 fully saturated rings. The third kappa shape index (κ3) is 3.36. The molecule has 0 aromatic carbocycles. The van der Waals surface area contributed by atoms with E-state index in [1.165, 1.54) is 0 Å². The largest absolute Gasteiger partial charge is 0.338 e. The molecule has 0 N–H and O–H groups in total. The highest BCUT2D eigenvalue weighted by Crippen LogP contribution is 2.15. The van der Waals surface area contributed by atoms with Crippen LogP contribution < -0.4 is 0 Å². The third-order valence-corrected chi connectivity index (χ3v) is 4.89. The summed E-state index contributed by atoms with van der Waals surface area (Å²) in [6, 6.07) is -0.185. The van der Waals surface area contributed by atoms with Gasteiger partial charge in [0.25, 0.3) is 0 Å². The Hall–Kier alpha value is -1.73. The number of aryl methyl sites for hydroxylation is 1. The van der Waals surface area contributed by atoms with Crippen LogP contribution in [0.3, 0.4) is 0 Å². The Morgan fingerprint density at radius 2 is 2.14 bits per heavy atom. The molecule has 0 spiro atoms. The Morgan fingerprint density at radius 1 is 1.36 bits per heavy atom. The van der Waals surface area contributed by atoms with Gasteiger partial charge in [-0.05, 0) is 13.8 Å². The fourth-order valence-corrected chi connectivity index (χ4v) is 3.33. The van der Waals surface area contributed by atoms with E-state index in [0.29, 0.717) is 0 Å². The number of piperazine rings is 1. The molecule has 6 nitrogen and oxygen atoms in total. The number of thiazole rings is 1. The molecule has 1 saturated heterocycles. The van der Waals surface area contributed by atoms with Crippen molar-refractivity contribution in [2.45, 2.75) is 26.4 Å². The Kier molecular flexibility index (Phi) is 4.54. The Morgan fingerprint density at radius 3 is 2.73 bits per heavy atom. The van der Waals surface area contributed by atoms with E-state index >= 15 is 0 Å². The van der Waals surface area contributed by atoms with Crippen molar-refractivity contribution in [1.82, 2.24) is 24.3 Å². The van der Waals surface area contributed by atoms with Gasteiger partial charge in [-0.2, -0.15) is 0 Å². The van der Waals surface area contributed by atoms with Crippen LogP contribution in [0.25, 0.3) is 0 Å². The van der Waals surface area contributed by atoms with Crippen molar-refractivity contribution in [1.29, 1.82) is 0 Å². The van der Waals surface area contributed by atoms with Crippen molar-refractivity contribution in [2.24, 2.45) is 0 Å². The van der Waals surface area contributed by atoms with Crippen LogP contribution in [0.5, 0.6) is 0 Å². The van der Waals surface area contributed by atoms with Crippen LogP contribution in [-0.4, -0.2) is 56.4 Å². The van der Waals surface area contributed by atoms with E-state index in [1.807, 2.05) is 29.5 Å². The zero-order chi connectivity index (χ0) is 15.5. The molecule has 7 heteroatoms. The van der Waals surface area contributed by atoms with Gasteiger partial charge in [-0.25, -0.2) is 9.97 Å². The molecule has 0 radical (unpaired) electrons. The van der Waals surface area contributed by atoms with Crippen LogP contribution >= 0.6 is 11.3 Å². The second kappa shape index (κ2) is 6.58. The second-order valence-electron chi connectivity index (χ2n) is 5.65. The van der Waals surface area contributed by atoms with E-state index < -0.39 is 0 Å². The molecule has 0 aliphatic carbocycles. The van der Waals surface area contributed by atoms with Crippen LogP contribution in [0.2, 0.25) is 0 Å². The standard InChI is InChI=1S/C15H21N5OS/c1-12(20-4-3-16-11-20)15(21)19-7-5-18(6-8-19)9-14-10-22-13(2)17-14/h3-4,10-12H,5-9H2,1-2H3/t12-/m0/s1. The van der Waals surface area contributed by atoms with Crippen molar-refractivity contribution in [2.75, 3.05) is 26.2 Å². The van der Waals surface area contributed by atoms with Gasteiger partial charge in [-0.15, -0.1) is 11.3 Å². The number of carbonyl (C=O) groups excluding carboxylic acids is 1. The molecular formula is C15H21N5OS. The minimum atomic E-state index is -0.185. The van der Waals surface area contributed by atoms with E-state index in [9.17, 15) is 4.79 Å². The maximum Gasteiger partial charge on any atom is 0.245 e. The van der Waals surface area contributed by atoms with Gasteiger partial charge in [0.1, 0.15) is 6.04 Å². The molecule has 1 amide bonds. The SMILES string of the molecule is Cc1nc(CN2CCN(C(=O)[C@H](C)n3ccnc3)CC2)cs1. The number of imidazole rings is 1. The monoisotopic (exact) mass is 319 g/mol. The lowest BCUT2D eigenvalue weighted by Gasteiger charge is -2.35. The summed E-state index contributed by atoms with van der Waals surface area (Å²) in [4.78, 5) is 25.3. The predicted molar refractivity (Wildman–Crippen MR) is 85.6 cm³/mol. The first kappa shape index (κ1) is 15.2. The predicted octanol–water partition coefficient (Wildman–Crippen LogP) is 1.55. The van der Waals surface area contributed by atoms with E-state index in [0.717, 1.165) is 43.4 Å². The molecule has 2 aromatic heterocycles. The highest BCUT2D eigenvalue weighted by Gasteiger charge is 2.25. The number of aromatic nitrogens is 3. The lowest BCUT2D eigenvalue weighted by molar-refractivity contribution is -0.136. The molecule has 1 aliphatic heterocycles. The van der Waals surface area contributed by atoms with Gasteiger partial charge in [0.05, 0.1) is 17.0 Å². The van der Waals surface area contributed by atoms with E-state index in [2.05, 4.69) is 20.2 Å². The Labute approximate surface area is 134 Å². The lowest BCUT2D eigenvalue weighted by atomic mass is 10.2. The zero-order valence-corrected chi connectivity index (χ0v) is 13.8. The Balaban J connectivity index is 1.52.